The van der Waals surface area contributed by atoms with Gasteiger partial charge in [-0.1, -0.05) is 78.4 Å². The normalized spacial score (nSPS) is 14.9. The second-order valence-corrected chi connectivity index (χ2v) is 4.74. The van der Waals surface area contributed by atoms with E-state index in [1.165, 1.54) is 22.6 Å². The minimum atomic E-state index is 1.11. The van der Waals surface area contributed by atoms with E-state index in [1.54, 1.807) is 0 Å². The summed E-state index contributed by atoms with van der Waals surface area (Å²) in [4.78, 5) is 0. The molecule has 0 nitrogen and oxygen atoms in total. The molecule has 3 rings (SSSR count). The van der Waals surface area contributed by atoms with E-state index in [4.69, 9.17) is 0 Å². The zero-order valence-corrected chi connectivity index (χ0v) is 10.9. The number of hydrogen-bond donors (Lipinski definition) is 0. The molecule has 0 N–H and O–H groups in total. The Morgan fingerprint density at radius 2 is 1.42 bits per heavy atom. The van der Waals surface area contributed by atoms with E-state index in [0.29, 0.717) is 0 Å². The summed E-state index contributed by atoms with van der Waals surface area (Å²) in [6.45, 7) is 0. The highest BCUT2D eigenvalue weighted by Gasteiger charge is 2.09. The van der Waals surface area contributed by atoms with E-state index in [-0.39, 0.29) is 0 Å². The minimum Gasteiger partial charge on any atom is -0.130 e. The van der Waals surface area contributed by atoms with E-state index in [0.717, 1.165) is 12.8 Å². The Morgan fingerprint density at radius 3 is 2.16 bits per heavy atom. The summed E-state index contributed by atoms with van der Waals surface area (Å²) in [7, 11) is 0. The fourth-order valence-corrected chi connectivity index (χ4v) is 2.49. The van der Waals surface area contributed by atoms with Gasteiger partial charge < -0.3 is 0 Å². The van der Waals surface area contributed by atoms with Crippen molar-refractivity contribution in [3.63, 3.8) is 0 Å². The van der Waals surface area contributed by atoms with Crippen LogP contribution in [-0.4, -0.2) is 0 Å². The molecule has 0 fully saturated rings. The van der Waals surface area contributed by atoms with Crippen molar-refractivity contribution in [1.82, 2.24) is 0 Å². The van der Waals surface area contributed by atoms with Crippen molar-refractivity contribution in [3.8, 4) is 0 Å². The summed E-state index contributed by atoms with van der Waals surface area (Å²) in [5.41, 5.74) is 3.93. The Labute approximate surface area is 115 Å². The van der Waals surface area contributed by atoms with Crippen molar-refractivity contribution in [3.05, 3.63) is 95.9 Å². The molecule has 1 aliphatic rings. The largest absolute Gasteiger partial charge is 0.130 e. The number of rotatable bonds is 2. The van der Waals surface area contributed by atoms with Gasteiger partial charge >= 0.3 is 0 Å². The number of hydrogen-bond acceptors (Lipinski definition) is 0. The first-order valence-electron chi connectivity index (χ1n) is 6.80. The molecule has 0 unspecified atom stereocenters. The van der Waals surface area contributed by atoms with Crippen LogP contribution in [0.5, 0.6) is 0 Å². The van der Waals surface area contributed by atoms with Gasteiger partial charge in [-0.15, -0.1) is 35.9 Å². The van der Waals surface area contributed by atoms with Crippen molar-refractivity contribution in [1.29, 1.82) is 0 Å². The van der Waals surface area contributed by atoms with Gasteiger partial charge in [0, 0.05) is 0 Å². The molecule has 0 radical (unpaired) electrons. The molecule has 0 saturated carbocycles. The summed E-state index contributed by atoms with van der Waals surface area (Å²) >= 11 is 0. The topological polar surface area (TPSA) is 0 Å². The molecule has 0 bridgehead atoms. The van der Waals surface area contributed by atoms with Gasteiger partial charge in [-0.3, -0.25) is 0 Å². The molecule has 0 aliphatic heterocycles. The molecule has 0 heterocycles. The SMILES string of the molecule is C1=C[C-](c2ccccc2)C(c2ccccc2)=CCC1. The summed E-state index contributed by atoms with van der Waals surface area (Å²) in [5, 5.41) is 0. The fraction of sp³-hybridized carbons (Fsp3) is 0.105. The molecule has 0 heteroatoms. The Bertz CT molecular complexity index is 576. The Balaban J connectivity index is 2.04. The zero-order chi connectivity index (χ0) is 12.9. The smallest absolute Gasteiger partial charge is 0.0591 e. The molecule has 19 heavy (non-hydrogen) atoms. The zero-order valence-electron chi connectivity index (χ0n) is 10.9. The number of allylic oxidation sites excluding steroid dienone is 4. The van der Waals surface area contributed by atoms with Crippen molar-refractivity contribution in [2.45, 2.75) is 12.8 Å². The lowest BCUT2D eigenvalue weighted by molar-refractivity contribution is 1.06. The third-order valence-corrected chi connectivity index (χ3v) is 3.43. The lowest BCUT2D eigenvalue weighted by Crippen LogP contribution is -1.99. The maximum absolute atomic E-state index is 2.36. The highest BCUT2D eigenvalue weighted by Crippen LogP contribution is 2.34. The highest BCUT2D eigenvalue weighted by molar-refractivity contribution is 5.83. The van der Waals surface area contributed by atoms with Crippen LogP contribution in [0.4, 0.5) is 0 Å². The van der Waals surface area contributed by atoms with Gasteiger partial charge in [-0.2, -0.15) is 0 Å². The average Bonchev–Trinajstić information content (AvgIpc) is 2.75. The lowest BCUT2D eigenvalue weighted by Gasteiger charge is -2.24. The molecular weight excluding hydrogens is 228 g/mol. The van der Waals surface area contributed by atoms with Crippen molar-refractivity contribution in [2.75, 3.05) is 0 Å². The Kier molecular flexibility index (Phi) is 3.51. The molecule has 0 saturated heterocycles. The lowest BCUT2D eigenvalue weighted by atomic mass is 9.87. The standard InChI is InChI=1S/C19H17/c1-4-10-16(11-5-1)18-14-8-3-9-15-19(18)17-12-6-2-7-13-17/h1-2,4-8,10-15H,3,9H2/q-1. The second-order valence-electron chi connectivity index (χ2n) is 4.74. The van der Waals surface area contributed by atoms with Crippen molar-refractivity contribution >= 4 is 5.57 Å². The van der Waals surface area contributed by atoms with Gasteiger partial charge in [0.25, 0.3) is 0 Å². The van der Waals surface area contributed by atoms with E-state index in [2.05, 4.69) is 78.9 Å². The molecular formula is C19H17-. The first kappa shape index (κ1) is 11.9. The number of benzene rings is 2. The third kappa shape index (κ3) is 2.63. The Morgan fingerprint density at radius 1 is 0.737 bits per heavy atom. The molecule has 2 aromatic rings. The van der Waals surface area contributed by atoms with E-state index >= 15 is 0 Å². The minimum absolute atomic E-state index is 1.11. The van der Waals surface area contributed by atoms with Crippen LogP contribution >= 0.6 is 0 Å². The van der Waals surface area contributed by atoms with E-state index < -0.39 is 0 Å². The van der Waals surface area contributed by atoms with Crippen LogP contribution in [0.2, 0.25) is 0 Å². The van der Waals surface area contributed by atoms with Crippen LogP contribution in [0.15, 0.2) is 78.9 Å². The summed E-state index contributed by atoms with van der Waals surface area (Å²) in [6, 6.07) is 21.3. The van der Waals surface area contributed by atoms with Gasteiger partial charge in [-0.05, 0) is 0 Å². The van der Waals surface area contributed by atoms with Crippen LogP contribution in [0, 0.1) is 5.92 Å². The van der Waals surface area contributed by atoms with E-state index in [1.807, 2.05) is 0 Å². The predicted molar refractivity (Wildman–Crippen MR) is 81.6 cm³/mol. The van der Waals surface area contributed by atoms with Gasteiger partial charge in [0.1, 0.15) is 0 Å². The second kappa shape index (κ2) is 5.62. The summed E-state index contributed by atoms with van der Waals surface area (Å²) < 4.78 is 0. The fourth-order valence-electron chi connectivity index (χ4n) is 2.49. The summed E-state index contributed by atoms with van der Waals surface area (Å²) in [5.74, 6) is 1.32. The van der Waals surface area contributed by atoms with Crippen LogP contribution in [0.1, 0.15) is 24.0 Å². The maximum atomic E-state index is 2.36. The van der Waals surface area contributed by atoms with Crippen LogP contribution in [0.3, 0.4) is 0 Å². The molecule has 2 aromatic carbocycles. The van der Waals surface area contributed by atoms with Crippen molar-refractivity contribution < 1.29 is 0 Å². The van der Waals surface area contributed by atoms with Crippen molar-refractivity contribution in [2.24, 2.45) is 0 Å². The molecule has 0 aromatic heterocycles. The van der Waals surface area contributed by atoms with Gasteiger partial charge in [0.05, 0.1) is 0 Å². The average molecular weight is 245 g/mol. The third-order valence-electron chi connectivity index (χ3n) is 3.43. The summed E-state index contributed by atoms with van der Waals surface area (Å²) in [6.07, 6.45) is 9.12. The first-order chi connectivity index (χ1) is 9.45. The molecule has 1 aliphatic carbocycles. The van der Waals surface area contributed by atoms with Gasteiger partial charge in [0.15, 0.2) is 0 Å². The first-order valence-corrected chi connectivity index (χ1v) is 6.80. The molecule has 0 amide bonds. The molecule has 0 atom stereocenters. The monoisotopic (exact) mass is 245 g/mol. The van der Waals surface area contributed by atoms with Crippen LogP contribution in [-0.2, 0) is 0 Å². The molecule has 94 valence electrons. The van der Waals surface area contributed by atoms with E-state index in [9.17, 15) is 0 Å². The van der Waals surface area contributed by atoms with Crippen LogP contribution < -0.4 is 0 Å². The highest BCUT2D eigenvalue weighted by atomic mass is 14.2. The predicted octanol–water partition coefficient (Wildman–Crippen LogP) is 5.04. The quantitative estimate of drug-likeness (QED) is 0.650. The van der Waals surface area contributed by atoms with Gasteiger partial charge in [-0.25, -0.2) is 0 Å². The molecule has 0 spiro atoms. The van der Waals surface area contributed by atoms with Crippen LogP contribution in [0.25, 0.3) is 5.57 Å². The maximum Gasteiger partial charge on any atom is -0.0591 e. The van der Waals surface area contributed by atoms with Gasteiger partial charge in [0.2, 0.25) is 0 Å². The Hall–Kier alpha value is -2.21.